The summed E-state index contributed by atoms with van der Waals surface area (Å²) in [7, 11) is 1.47. The van der Waals surface area contributed by atoms with Gasteiger partial charge in [0.15, 0.2) is 16.3 Å². The minimum absolute atomic E-state index is 0.0124. The molecule has 0 saturated heterocycles. The number of hydrogen-bond acceptors (Lipinski definition) is 8. The van der Waals surface area contributed by atoms with Gasteiger partial charge in [-0.25, -0.2) is 9.79 Å². The Morgan fingerprint density at radius 3 is 2.62 bits per heavy atom. The number of allylic oxidation sites excluding steroid dienone is 1. The summed E-state index contributed by atoms with van der Waals surface area (Å²) in [4.78, 5) is 32.3. The first-order valence-electron chi connectivity index (χ1n) is 13.0. The number of hydrogen-bond donors (Lipinski definition) is 1. The Morgan fingerprint density at radius 1 is 1.21 bits per heavy atom. The van der Waals surface area contributed by atoms with Crippen molar-refractivity contribution in [2.75, 3.05) is 20.3 Å². The van der Waals surface area contributed by atoms with Crippen molar-refractivity contribution in [3.63, 3.8) is 0 Å². The van der Waals surface area contributed by atoms with E-state index in [1.807, 2.05) is 38.1 Å². The fraction of sp³-hybridized carbons (Fsp3) is 0.367. The summed E-state index contributed by atoms with van der Waals surface area (Å²) in [6.07, 6.45) is 3.72. The van der Waals surface area contributed by atoms with Crippen molar-refractivity contribution in [1.29, 1.82) is 0 Å². The van der Waals surface area contributed by atoms with E-state index in [0.29, 0.717) is 38.5 Å². The molecular formula is C30H34N2O6S. The van der Waals surface area contributed by atoms with Gasteiger partial charge in [-0.1, -0.05) is 56.7 Å². The second-order valence-corrected chi connectivity index (χ2v) is 10.8. The number of nitrogens with zero attached hydrogens (tertiary/aromatic N) is 2. The van der Waals surface area contributed by atoms with Crippen LogP contribution >= 0.6 is 11.3 Å². The number of fused-ring (bicyclic) bond motifs is 1. The van der Waals surface area contributed by atoms with E-state index >= 15 is 0 Å². The first-order valence-corrected chi connectivity index (χ1v) is 13.8. The minimum atomic E-state index is -0.706. The average molecular weight is 551 g/mol. The molecule has 39 heavy (non-hydrogen) atoms. The van der Waals surface area contributed by atoms with Crippen LogP contribution < -0.4 is 24.4 Å². The largest absolute Gasteiger partial charge is 0.504 e. The number of phenolic OH excluding ortho intramolecular Hbond substituents is 1. The first-order chi connectivity index (χ1) is 18.7. The summed E-state index contributed by atoms with van der Waals surface area (Å²) in [6, 6.07) is 11.6. The molecule has 0 bridgehead atoms. The van der Waals surface area contributed by atoms with E-state index in [4.69, 9.17) is 14.2 Å². The molecule has 1 aliphatic rings. The van der Waals surface area contributed by atoms with Crippen LogP contribution in [0.2, 0.25) is 0 Å². The number of thiazole rings is 1. The highest BCUT2D eigenvalue weighted by atomic mass is 32.1. The van der Waals surface area contributed by atoms with Crippen LogP contribution in [0, 0.1) is 5.92 Å². The molecule has 0 aliphatic carbocycles. The zero-order valence-electron chi connectivity index (χ0n) is 22.9. The Bertz CT molecular complexity index is 1550. The maximum Gasteiger partial charge on any atom is 0.338 e. The lowest BCUT2D eigenvalue weighted by atomic mass is 9.96. The van der Waals surface area contributed by atoms with Crippen LogP contribution in [-0.2, 0) is 9.53 Å². The molecule has 2 aromatic carbocycles. The molecule has 4 rings (SSSR count). The number of phenols is 1. The van der Waals surface area contributed by atoms with Gasteiger partial charge in [-0.05, 0) is 60.7 Å². The maximum absolute atomic E-state index is 13.8. The molecule has 0 saturated carbocycles. The summed E-state index contributed by atoms with van der Waals surface area (Å²) in [5.74, 6) is 0.720. The molecule has 0 radical (unpaired) electrons. The van der Waals surface area contributed by atoms with E-state index in [2.05, 4.69) is 11.9 Å². The topological polar surface area (TPSA) is 99.4 Å². The summed E-state index contributed by atoms with van der Waals surface area (Å²) < 4.78 is 18.6. The van der Waals surface area contributed by atoms with Gasteiger partial charge in [0.25, 0.3) is 5.56 Å². The minimum Gasteiger partial charge on any atom is -0.504 e. The van der Waals surface area contributed by atoms with Gasteiger partial charge in [-0.3, -0.25) is 9.36 Å². The highest BCUT2D eigenvalue weighted by molar-refractivity contribution is 7.07. The maximum atomic E-state index is 13.8. The monoisotopic (exact) mass is 550 g/mol. The molecule has 206 valence electrons. The normalized spacial score (nSPS) is 15.2. The average Bonchev–Trinajstić information content (AvgIpc) is 3.22. The van der Waals surface area contributed by atoms with Crippen molar-refractivity contribution < 1.29 is 24.1 Å². The number of rotatable bonds is 10. The molecule has 3 aromatic rings. The number of aromatic nitrogens is 1. The molecule has 9 heteroatoms. The highest BCUT2D eigenvalue weighted by Crippen LogP contribution is 2.32. The molecule has 1 unspecified atom stereocenters. The van der Waals surface area contributed by atoms with Crippen LogP contribution in [-0.4, -0.2) is 36.0 Å². The Hall–Kier alpha value is -3.85. The van der Waals surface area contributed by atoms with E-state index in [9.17, 15) is 14.7 Å². The summed E-state index contributed by atoms with van der Waals surface area (Å²) in [5, 5.41) is 9.94. The smallest absolute Gasteiger partial charge is 0.338 e. The van der Waals surface area contributed by atoms with E-state index in [0.717, 1.165) is 24.2 Å². The van der Waals surface area contributed by atoms with Gasteiger partial charge < -0.3 is 19.3 Å². The van der Waals surface area contributed by atoms with E-state index < -0.39 is 12.0 Å². The van der Waals surface area contributed by atoms with E-state index in [-0.39, 0.29) is 23.8 Å². The Labute approximate surface area is 231 Å². The van der Waals surface area contributed by atoms with Crippen LogP contribution in [0.1, 0.15) is 57.7 Å². The molecule has 8 nitrogen and oxygen atoms in total. The summed E-state index contributed by atoms with van der Waals surface area (Å²) in [5.41, 5.74) is 2.01. The first kappa shape index (κ1) is 28.2. The number of carbonyl (C=O) groups is 1. The Kier molecular flexibility index (Phi) is 8.91. The SMILES string of the molecule is CCCCOc1ccc(C2C(C(=O)OCC(C)C)=C(C)N=c3sc(=Cc4ccc(O)c(OC)c4)c(=O)n32)cc1. The van der Waals surface area contributed by atoms with Gasteiger partial charge >= 0.3 is 5.97 Å². The van der Waals surface area contributed by atoms with Crippen molar-refractivity contribution in [2.45, 2.75) is 46.6 Å². The predicted octanol–water partition coefficient (Wildman–Crippen LogP) is 4.33. The zero-order valence-corrected chi connectivity index (χ0v) is 23.7. The van der Waals surface area contributed by atoms with Gasteiger partial charge in [0.2, 0.25) is 0 Å². The number of methoxy groups -OCH3 is 1. The number of aromatic hydroxyl groups is 1. The molecule has 1 N–H and O–H groups in total. The standard InChI is InChI=1S/C30H34N2O6S/c1-6-7-14-37-22-11-9-21(10-12-22)27-26(29(35)38-17-18(2)3)19(4)31-30-32(27)28(34)25(39-30)16-20-8-13-23(33)24(15-20)36-5/h8-13,15-16,18,27,33H,6-7,14,17H2,1-5H3. The van der Waals surface area contributed by atoms with Crippen LogP contribution in [0.4, 0.5) is 0 Å². The second-order valence-electron chi connectivity index (χ2n) is 9.78. The molecule has 1 aliphatic heterocycles. The lowest BCUT2D eigenvalue weighted by Gasteiger charge is -2.25. The van der Waals surface area contributed by atoms with Crippen molar-refractivity contribution in [3.05, 3.63) is 84.5 Å². The summed E-state index contributed by atoms with van der Waals surface area (Å²) >= 11 is 1.24. The third-order valence-corrected chi connectivity index (χ3v) is 7.24. The molecule has 0 amide bonds. The van der Waals surface area contributed by atoms with E-state index in [1.165, 1.54) is 24.5 Å². The third-order valence-electron chi connectivity index (χ3n) is 6.25. The lowest BCUT2D eigenvalue weighted by Crippen LogP contribution is -2.40. The van der Waals surface area contributed by atoms with E-state index in [1.54, 1.807) is 29.7 Å². The molecule has 1 aromatic heterocycles. The van der Waals surface area contributed by atoms with Crippen LogP contribution in [0.5, 0.6) is 17.2 Å². The zero-order chi connectivity index (χ0) is 28.1. The van der Waals surface area contributed by atoms with Gasteiger partial charge in [-0.2, -0.15) is 0 Å². The van der Waals surface area contributed by atoms with Crippen molar-refractivity contribution in [2.24, 2.45) is 10.9 Å². The molecule has 1 atom stereocenters. The van der Waals surface area contributed by atoms with Crippen LogP contribution in [0.3, 0.4) is 0 Å². The van der Waals surface area contributed by atoms with Gasteiger partial charge in [-0.15, -0.1) is 0 Å². The highest BCUT2D eigenvalue weighted by Gasteiger charge is 2.33. The Balaban J connectivity index is 1.83. The predicted molar refractivity (Wildman–Crippen MR) is 151 cm³/mol. The van der Waals surface area contributed by atoms with Crippen LogP contribution in [0.25, 0.3) is 6.08 Å². The van der Waals surface area contributed by atoms with Crippen LogP contribution in [0.15, 0.2) is 63.5 Å². The molecular weight excluding hydrogens is 516 g/mol. The van der Waals surface area contributed by atoms with Gasteiger partial charge in [0, 0.05) is 0 Å². The van der Waals surface area contributed by atoms with Gasteiger partial charge in [0.1, 0.15) is 5.75 Å². The Morgan fingerprint density at radius 2 is 1.95 bits per heavy atom. The number of ether oxygens (including phenoxy) is 3. The fourth-order valence-electron chi connectivity index (χ4n) is 4.23. The fourth-order valence-corrected chi connectivity index (χ4v) is 5.28. The third kappa shape index (κ3) is 6.25. The number of unbranched alkanes of at least 4 members (excludes halogenated alkanes) is 1. The van der Waals surface area contributed by atoms with Crippen molar-refractivity contribution >= 4 is 23.4 Å². The molecule has 0 spiro atoms. The van der Waals surface area contributed by atoms with Crippen molar-refractivity contribution in [3.8, 4) is 17.2 Å². The quantitative estimate of drug-likeness (QED) is 0.298. The second kappa shape index (κ2) is 12.3. The van der Waals surface area contributed by atoms with Crippen molar-refractivity contribution in [1.82, 2.24) is 4.57 Å². The number of esters is 1. The number of carbonyl (C=O) groups excluding carboxylic acids is 1. The summed E-state index contributed by atoms with van der Waals surface area (Å²) in [6.45, 7) is 8.70. The molecule has 2 heterocycles. The van der Waals surface area contributed by atoms with Gasteiger partial charge in [0.05, 0.1) is 42.2 Å². The molecule has 0 fully saturated rings. The lowest BCUT2D eigenvalue weighted by molar-refractivity contribution is -0.140. The number of benzene rings is 2.